The third kappa shape index (κ3) is 5.24. The van der Waals surface area contributed by atoms with E-state index in [1.165, 1.54) is 39.2 Å². The van der Waals surface area contributed by atoms with Gasteiger partial charge in [0, 0.05) is 10.6 Å². The number of halogens is 1. The number of methoxy groups -OCH3 is 1. The molecule has 0 saturated heterocycles. The molecule has 1 fully saturated rings. The van der Waals surface area contributed by atoms with Crippen LogP contribution >= 0.6 is 11.6 Å². The SMILES string of the molecule is COC(=O)c1cc(C)c(OCC(C2CCCCC2)n2c(-c3ccc(Cl)cc3)nc3ccccc32)c(C)c1. The number of imidazole rings is 1. The zero-order chi connectivity index (χ0) is 25.9. The maximum atomic E-state index is 12.1. The highest BCUT2D eigenvalue weighted by Crippen LogP contribution is 2.39. The predicted octanol–water partition coefficient (Wildman–Crippen LogP) is 7.96. The summed E-state index contributed by atoms with van der Waals surface area (Å²) in [5.74, 6) is 1.90. The molecule has 6 heteroatoms. The fraction of sp³-hybridized carbons (Fsp3) is 0.355. The van der Waals surface area contributed by atoms with Gasteiger partial charge in [0.25, 0.3) is 0 Å². The lowest BCUT2D eigenvalue weighted by atomic mass is 9.83. The molecule has 5 nitrogen and oxygen atoms in total. The quantitative estimate of drug-likeness (QED) is 0.234. The summed E-state index contributed by atoms with van der Waals surface area (Å²) < 4.78 is 13.9. The first kappa shape index (κ1) is 25.3. The summed E-state index contributed by atoms with van der Waals surface area (Å²) in [5, 5.41) is 0.708. The molecule has 1 atom stereocenters. The molecule has 4 aromatic rings. The van der Waals surface area contributed by atoms with Gasteiger partial charge in [0.1, 0.15) is 18.2 Å². The van der Waals surface area contributed by atoms with E-state index in [0.29, 0.717) is 23.1 Å². The number of aryl methyl sites for hydroxylation is 2. The second kappa shape index (κ2) is 11.0. The van der Waals surface area contributed by atoms with E-state index in [-0.39, 0.29) is 12.0 Å². The molecule has 1 saturated carbocycles. The Morgan fingerprint density at radius 3 is 2.38 bits per heavy atom. The lowest BCUT2D eigenvalue weighted by Gasteiger charge is -2.33. The molecule has 1 aromatic heterocycles. The summed E-state index contributed by atoms with van der Waals surface area (Å²) >= 11 is 6.21. The van der Waals surface area contributed by atoms with Crippen molar-refractivity contribution < 1.29 is 14.3 Å². The minimum absolute atomic E-state index is 0.109. The number of carbonyl (C=O) groups excluding carboxylic acids is 1. The first-order valence-electron chi connectivity index (χ1n) is 13.0. The van der Waals surface area contributed by atoms with E-state index < -0.39 is 0 Å². The Balaban J connectivity index is 1.57. The van der Waals surface area contributed by atoms with Crippen molar-refractivity contribution in [2.24, 2.45) is 5.92 Å². The monoisotopic (exact) mass is 516 g/mol. The van der Waals surface area contributed by atoms with Crippen molar-refractivity contribution in [3.05, 3.63) is 82.4 Å². The van der Waals surface area contributed by atoms with Gasteiger partial charge in [-0.15, -0.1) is 0 Å². The Kier molecular flexibility index (Phi) is 7.52. The fourth-order valence-corrected chi connectivity index (χ4v) is 5.83. The van der Waals surface area contributed by atoms with Crippen LogP contribution in [0, 0.1) is 19.8 Å². The third-order valence-corrected chi connectivity index (χ3v) is 7.76. The van der Waals surface area contributed by atoms with Crippen LogP contribution in [-0.4, -0.2) is 29.2 Å². The first-order valence-corrected chi connectivity index (χ1v) is 13.4. The van der Waals surface area contributed by atoms with Crippen LogP contribution in [0.1, 0.15) is 59.6 Å². The van der Waals surface area contributed by atoms with Gasteiger partial charge in [-0.2, -0.15) is 0 Å². The number of nitrogens with zero attached hydrogens (tertiary/aromatic N) is 2. The number of ether oxygens (including phenoxy) is 2. The van der Waals surface area contributed by atoms with E-state index in [0.717, 1.165) is 39.3 Å². The van der Waals surface area contributed by atoms with Crippen LogP contribution in [0.15, 0.2) is 60.7 Å². The number of rotatable bonds is 7. The number of carbonyl (C=O) groups is 1. The number of hydrogen-bond donors (Lipinski definition) is 0. The standard InChI is InChI=1S/C31H33ClN2O3/c1-20-17-24(31(35)36-3)18-21(2)29(20)37-19-28(22-9-5-4-6-10-22)34-27-12-8-7-11-26(27)33-30(34)23-13-15-25(32)16-14-23/h7-8,11-18,22,28H,4-6,9-10,19H2,1-3H3. The number of benzene rings is 3. The van der Waals surface area contributed by atoms with Crippen LogP contribution in [0.5, 0.6) is 5.75 Å². The minimum atomic E-state index is -0.338. The second-order valence-corrected chi connectivity index (χ2v) is 10.4. The van der Waals surface area contributed by atoms with E-state index in [1.807, 2.05) is 56.3 Å². The van der Waals surface area contributed by atoms with Crippen molar-refractivity contribution >= 4 is 28.6 Å². The molecule has 0 amide bonds. The topological polar surface area (TPSA) is 53.4 Å². The highest BCUT2D eigenvalue weighted by Gasteiger charge is 2.30. The first-order chi connectivity index (χ1) is 18.0. The summed E-state index contributed by atoms with van der Waals surface area (Å²) in [5.41, 5.74) is 5.52. The molecule has 3 aromatic carbocycles. The molecule has 0 spiro atoms. The Bertz CT molecular complexity index is 1380. The van der Waals surface area contributed by atoms with Crippen LogP contribution < -0.4 is 4.74 Å². The zero-order valence-electron chi connectivity index (χ0n) is 21.7. The molecule has 0 radical (unpaired) electrons. The van der Waals surface area contributed by atoms with Crippen LogP contribution in [0.2, 0.25) is 5.02 Å². The van der Waals surface area contributed by atoms with Crippen LogP contribution in [0.3, 0.4) is 0 Å². The van der Waals surface area contributed by atoms with E-state index in [1.54, 1.807) is 0 Å². The smallest absolute Gasteiger partial charge is 0.337 e. The summed E-state index contributed by atoms with van der Waals surface area (Å²) in [6, 6.07) is 20.0. The summed E-state index contributed by atoms with van der Waals surface area (Å²) in [7, 11) is 1.40. The average molecular weight is 517 g/mol. The molecule has 0 N–H and O–H groups in total. The Morgan fingerprint density at radius 2 is 1.70 bits per heavy atom. The largest absolute Gasteiger partial charge is 0.491 e. The van der Waals surface area contributed by atoms with Gasteiger partial charge in [0.2, 0.25) is 0 Å². The molecular formula is C31H33ClN2O3. The minimum Gasteiger partial charge on any atom is -0.491 e. The molecule has 192 valence electrons. The van der Waals surface area contributed by atoms with Gasteiger partial charge in [0.05, 0.1) is 29.7 Å². The van der Waals surface area contributed by atoms with Crippen LogP contribution in [0.4, 0.5) is 0 Å². The van der Waals surface area contributed by atoms with Gasteiger partial charge in [-0.1, -0.05) is 43.0 Å². The zero-order valence-corrected chi connectivity index (χ0v) is 22.4. The lowest BCUT2D eigenvalue weighted by Crippen LogP contribution is -2.28. The highest BCUT2D eigenvalue weighted by molar-refractivity contribution is 6.30. The van der Waals surface area contributed by atoms with Crippen molar-refractivity contribution in [2.45, 2.75) is 52.0 Å². The number of fused-ring (bicyclic) bond motifs is 1. The second-order valence-electron chi connectivity index (χ2n) is 10.0. The molecule has 0 bridgehead atoms. The van der Waals surface area contributed by atoms with Crippen LogP contribution in [-0.2, 0) is 4.74 Å². The molecule has 37 heavy (non-hydrogen) atoms. The summed E-state index contributed by atoms with van der Waals surface area (Å²) in [6.45, 7) is 4.48. The molecule has 1 aliphatic carbocycles. The van der Waals surface area contributed by atoms with Crippen molar-refractivity contribution in [1.82, 2.24) is 9.55 Å². The van der Waals surface area contributed by atoms with Crippen LogP contribution in [0.25, 0.3) is 22.4 Å². The number of aromatic nitrogens is 2. The normalized spacial score (nSPS) is 15.0. The lowest BCUT2D eigenvalue weighted by molar-refractivity contribution is 0.0600. The maximum Gasteiger partial charge on any atom is 0.337 e. The molecule has 5 rings (SSSR count). The van der Waals surface area contributed by atoms with Gasteiger partial charge < -0.3 is 14.0 Å². The Labute approximate surface area is 223 Å². The van der Waals surface area contributed by atoms with E-state index in [2.05, 4.69) is 22.8 Å². The van der Waals surface area contributed by atoms with Gasteiger partial charge >= 0.3 is 5.97 Å². The Hall–Kier alpha value is -3.31. The molecule has 0 aliphatic heterocycles. The summed E-state index contributed by atoms with van der Waals surface area (Å²) in [6.07, 6.45) is 6.08. The van der Waals surface area contributed by atoms with Gasteiger partial charge in [-0.25, -0.2) is 9.78 Å². The number of esters is 1. The summed E-state index contributed by atoms with van der Waals surface area (Å²) in [4.78, 5) is 17.2. The van der Waals surface area contributed by atoms with Crippen molar-refractivity contribution in [3.63, 3.8) is 0 Å². The predicted molar refractivity (Wildman–Crippen MR) is 149 cm³/mol. The molecule has 1 aliphatic rings. The highest BCUT2D eigenvalue weighted by atomic mass is 35.5. The molecule has 1 heterocycles. The maximum absolute atomic E-state index is 12.1. The third-order valence-electron chi connectivity index (χ3n) is 7.50. The van der Waals surface area contributed by atoms with E-state index >= 15 is 0 Å². The van der Waals surface area contributed by atoms with E-state index in [4.69, 9.17) is 26.1 Å². The van der Waals surface area contributed by atoms with Crippen molar-refractivity contribution in [1.29, 1.82) is 0 Å². The van der Waals surface area contributed by atoms with Gasteiger partial charge in [-0.05, 0) is 92.3 Å². The molecular weight excluding hydrogens is 484 g/mol. The molecule has 1 unspecified atom stereocenters. The number of para-hydroxylation sites is 2. The fourth-order valence-electron chi connectivity index (χ4n) is 5.71. The Morgan fingerprint density at radius 1 is 1.03 bits per heavy atom. The average Bonchev–Trinajstić information content (AvgIpc) is 3.30. The number of hydrogen-bond acceptors (Lipinski definition) is 4. The van der Waals surface area contributed by atoms with Crippen molar-refractivity contribution in [3.8, 4) is 17.1 Å². The van der Waals surface area contributed by atoms with Gasteiger partial charge in [0.15, 0.2) is 0 Å². The van der Waals surface area contributed by atoms with Crippen molar-refractivity contribution in [2.75, 3.05) is 13.7 Å². The van der Waals surface area contributed by atoms with Gasteiger partial charge in [-0.3, -0.25) is 0 Å². The van der Waals surface area contributed by atoms with E-state index in [9.17, 15) is 4.79 Å².